The van der Waals surface area contributed by atoms with Crippen molar-refractivity contribution < 1.29 is 4.79 Å². The number of aliphatic imine (C=N–C) groups is 1. The summed E-state index contributed by atoms with van der Waals surface area (Å²) in [5.74, 6) is 2.28. The summed E-state index contributed by atoms with van der Waals surface area (Å²) >= 11 is 0. The number of carbonyl (C=O) groups excluding carboxylic acids is 1. The lowest BCUT2D eigenvalue weighted by molar-refractivity contribution is -0.134. The van der Waals surface area contributed by atoms with Crippen LogP contribution in [0.5, 0.6) is 0 Å². The first-order valence-electron chi connectivity index (χ1n) is 12.7. The fraction of sp³-hybridized carbons (Fsp3) is 0.692. The third-order valence-electron chi connectivity index (χ3n) is 7.40. The van der Waals surface area contributed by atoms with Crippen LogP contribution >= 0.6 is 0 Å². The molecule has 2 N–H and O–H groups in total. The average Bonchev–Trinajstić information content (AvgIpc) is 3.50. The Hall–Kier alpha value is -2.08. The van der Waals surface area contributed by atoms with E-state index in [2.05, 4.69) is 56.6 Å². The van der Waals surface area contributed by atoms with E-state index in [1.54, 1.807) is 0 Å². The molecule has 3 fully saturated rings. The molecule has 0 radical (unpaired) electrons. The number of benzene rings is 1. The fourth-order valence-corrected chi connectivity index (χ4v) is 5.53. The maximum Gasteiger partial charge on any atom is 0.225 e. The highest BCUT2D eigenvalue weighted by molar-refractivity contribution is 5.81. The number of hydrogen-bond acceptors (Lipinski definition) is 3. The highest BCUT2D eigenvalue weighted by atomic mass is 16.2. The zero-order chi connectivity index (χ0) is 22.3. The van der Waals surface area contributed by atoms with Gasteiger partial charge in [-0.3, -0.25) is 14.7 Å². The smallest absolute Gasteiger partial charge is 0.225 e. The third-order valence-corrected chi connectivity index (χ3v) is 7.40. The molecule has 2 saturated heterocycles. The molecule has 32 heavy (non-hydrogen) atoms. The first-order valence-corrected chi connectivity index (χ1v) is 12.7. The number of amides is 1. The monoisotopic (exact) mass is 439 g/mol. The molecule has 6 nitrogen and oxygen atoms in total. The number of hydrogen-bond donors (Lipinski definition) is 2. The molecule has 0 spiro atoms. The summed E-state index contributed by atoms with van der Waals surface area (Å²) < 4.78 is 0. The highest BCUT2D eigenvalue weighted by Crippen LogP contribution is 2.27. The van der Waals surface area contributed by atoms with Gasteiger partial charge in [0.05, 0.1) is 0 Å². The Balaban J connectivity index is 1.20. The van der Waals surface area contributed by atoms with Gasteiger partial charge >= 0.3 is 0 Å². The highest BCUT2D eigenvalue weighted by Gasteiger charge is 2.32. The maximum atomic E-state index is 12.7. The lowest BCUT2D eigenvalue weighted by atomic mass is 9.99. The number of nitrogens with one attached hydrogen (secondary N) is 2. The van der Waals surface area contributed by atoms with Crippen LogP contribution in [0.1, 0.15) is 63.0 Å². The van der Waals surface area contributed by atoms with Crippen molar-refractivity contribution in [3.8, 4) is 0 Å². The van der Waals surface area contributed by atoms with Crippen LogP contribution in [0.4, 0.5) is 0 Å². The van der Waals surface area contributed by atoms with Crippen molar-refractivity contribution in [2.45, 2.75) is 71.0 Å². The van der Waals surface area contributed by atoms with E-state index >= 15 is 0 Å². The van der Waals surface area contributed by atoms with Crippen LogP contribution in [0.25, 0.3) is 0 Å². The number of piperidine rings is 1. The summed E-state index contributed by atoms with van der Waals surface area (Å²) in [6.45, 7) is 8.26. The Bertz CT molecular complexity index is 771. The summed E-state index contributed by atoms with van der Waals surface area (Å²) in [7, 11) is 1.81. The quantitative estimate of drug-likeness (QED) is 0.527. The van der Waals surface area contributed by atoms with E-state index in [-0.39, 0.29) is 12.0 Å². The molecule has 3 aliphatic rings. The van der Waals surface area contributed by atoms with Crippen molar-refractivity contribution in [1.82, 2.24) is 20.4 Å². The Morgan fingerprint density at radius 2 is 1.75 bits per heavy atom. The molecule has 2 unspecified atom stereocenters. The first-order chi connectivity index (χ1) is 15.6. The second-order valence-electron chi connectivity index (χ2n) is 10.1. The molecule has 4 rings (SSSR count). The molecular formula is C26H41N5O. The third kappa shape index (κ3) is 6.25. The molecule has 1 aromatic rings. The molecule has 1 amide bonds. The van der Waals surface area contributed by atoms with Crippen LogP contribution in [0, 0.1) is 11.8 Å². The van der Waals surface area contributed by atoms with Gasteiger partial charge in [0.1, 0.15) is 0 Å². The van der Waals surface area contributed by atoms with Gasteiger partial charge in [0.25, 0.3) is 0 Å². The minimum atomic E-state index is 0.271. The van der Waals surface area contributed by atoms with Gasteiger partial charge in [-0.1, -0.05) is 44.0 Å². The Morgan fingerprint density at radius 3 is 2.47 bits per heavy atom. The Labute approximate surface area is 193 Å². The minimum Gasteiger partial charge on any atom is -0.352 e. The topological polar surface area (TPSA) is 60.0 Å². The van der Waals surface area contributed by atoms with Crippen LogP contribution in [-0.2, 0) is 17.9 Å². The molecule has 0 aromatic heterocycles. The molecule has 1 aliphatic carbocycles. The van der Waals surface area contributed by atoms with E-state index in [9.17, 15) is 4.79 Å². The molecule has 2 heterocycles. The van der Waals surface area contributed by atoms with Gasteiger partial charge in [-0.05, 0) is 55.7 Å². The van der Waals surface area contributed by atoms with Gasteiger partial charge in [-0.25, -0.2) is 0 Å². The zero-order valence-corrected chi connectivity index (χ0v) is 20.0. The predicted octanol–water partition coefficient (Wildman–Crippen LogP) is 3.37. The molecule has 0 bridgehead atoms. The van der Waals surface area contributed by atoms with Gasteiger partial charge in [-0.15, -0.1) is 0 Å². The normalized spacial score (nSPS) is 25.3. The van der Waals surface area contributed by atoms with E-state index in [4.69, 9.17) is 0 Å². The number of likely N-dealkylation sites (tertiary alicyclic amines) is 2. The summed E-state index contributed by atoms with van der Waals surface area (Å²) in [6, 6.07) is 9.24. The van der Waals surface area contributed by atoms with Crippen LogP contribution < -0.4 is 10.6 Å². The van der Waals surface area contributed by atoms with Crippen molar-refractivity contribution >= 4 is 11.9 Å². The number of nitrogens with zero attached hydrogens (tertiary/aromatic N) is 3. The van der Waals surface area contributed by atoms with Crippen molar-refractivity contribution in [2.24, 2.45) is 16.8 Å². The van der Waals surface area contributed by atoms with Gasteiger partial charge in [0, 0.05) is 51.7 Å². The molecular weight excluding hydrogens is 398 g/mol. The summed E-state index contributed by atoms with van der Waals surface area (Å²) in [4.78, 5) is 21.7. The second-order valence-corrected chi connectivity index (χ2v) is 10.1. The number of guanidine groups is 1. The molecule has 2 atom stereocenters. The fourth-order valence-electron chi connectivity index (χ4n) is 5.53. The average molecular weight is 440 g/mol. The van der Waals surface area contributed by atoms with Gasteiger partial charge in [0.2, 0.25) is 5.91 Å². The van der Waals surface area contributed by atoms with Crippen LogP contribution in [-0.4, -0.2) is 60.9 Å². The van der Waals surface area contributed by atoms with Crippen molar-refractivity contribution in [1.29, 1.82) is 0 Å². The Kier molecular flexibility index (Phi) is 8.06. The van der Waals surface area contributed by atoms with Crippen LogP contribution in [0.2, 0.25) is 0 Å². The summed E-state index contributed by atoms with van der Waals surface area (Å²) in [5.41, 5.74) is 2.65. The van der Waals surface area contributed by atoms with Gasteiger partial charge < -0.3 is 15.5 Å². The zero-order valence-electron chi connectivity index (χ0n) is 20.0. The maximum absolute atomic E-state index is 12.7. The lowest BCUT2D eigenvalue weighted by Gasteiger charge is -2.30. The number of rotatable bonds is 6. The lowest BCUT2D eigenvalue weighted by Crippen LogP contribution is -2.45. The van der Waals surface area contributed by atoms with Crippen LogP contribution in [0.15, 0.2) is 29.3 Å². The molecule has 1 aromatic carbocycles. The van der Waals surface area contributed by atoms with Gasteiger partial charge in [0.15, 0.2) is 5.96 Å². The van der Waals surface area contributed by atoms with E-state index in [1.807, 2.05) is 7.05 Å². The predicted molar refractivity (Wildman–Crippen MR) is 130 cm³/mol. The summed E-state index contributed by atoms with van der Waals surface area (Å²) in [5, 5.41) is 6.96. The Morgan fingerprint density at radius 1 is 1.00 bits per heavy atom. The second kappa shape index (κ2) is 11.2. The van der Waals surface area contributed by atoms with E-state index < -0.39 is 0 Å². The standard InChI is InChI=1S/C26H41N5O/c1-20-6-5-14-30(17-20)18-22-11-9-21(10-12-22)16-28-26(27-2)29-24-13-15-31(19-24)25(32)23-7-3-4-8-23/h9-12,20,23-24H,3-8,13-19H2,1-2H3,(H2,27,28,29). The molecule has 2 aliphatic heterocycles. The largest absolute Gasteiger partial charge is 0.352 e. The summed E-state index contributed by atoms with van der Waals surface area (Å²) in [6.07, 6.45) is 8.25. The van der Waals surface area contributed by atoms with Crippen molar-refractivity contribution in [3.63, 3.8) is 0 Å². The molecule has 1 saturated carbocycles. The van der Waals surface area contributed by atoms with E-state index in [1.165, 1.54) is 49.9 Å². The van der Waals surface area contributed by atoms with E-state index in [0.29, 0.717) is 5.91 Å². The van der Waals surface area contributed by atoms with Crippen molar-refractivity contribution in [2.75, 3.05) is 33.2 Å². The van der Waals surface area contributed by atoms with Crippen molar-refractivity contribution in [3.05, 3.63) is 35.4 Å². The molecule has 176 valence electrons. The van der Waals surface area contributed by atoms with E-state index in [0.717, 1.165) is 57.3 Å². The SMILES string of the molecule is CN=C(NCc1ccc(CN2CCCC(C)C2)cc1)NC1CCN(C(=O)C2CCCC2)C1. The molecule has 6 heteroatoms. The first kappa shape index (κ1) is 23.1. The van der Waals surface area contributed by atoms with Gasteiger partial charge in [-0.2, -0.15) is 0 Å². The van der Waals surface area contributed by atoms with Crippen LogP contribution in [0.3, 0.4) is 0 Å². The number of carbonyl (C=O) groups is 1. The minimum absolute atomic E-state index is 0.271.